The van der Waals surface area contributed by atoms with Gasteiger partial charge in [-0.3, -0.25) is 4.79 Å². The van der Waals surface area contributed by atoms with Crippen LogP contribution < -0.4 is 10.1 Å². The first-order chi connectivity index (χ1) is 11.2. The van der Waals surface area contributed by atoms with Gasteiger partial charge in [-0.25, -0.2) is 0 Å². The second kappa shape index (κ2) is 7.81. The van der Waals surface area contributed by atoms with E-state index in [1.807, 2.05) is 23.6 Å². The van der Waals surface area contributed by atoms with Crippen LogP contribution in [0.2, 0.25) is 5.02 Å². The van der Waals surface area contributed by atoms with E-state index in [1.165, 1.54) is 11.3 Å². The minimum atomic E-state index is -0.0560. The van der Waals surface area contributed by atoms with Crippen LogP contribution in [-0.2, 0) is 11.3 Å². The maximum Gasteiger partial charge on any atom is 0.261 e. The normalized spacial score (nSPS) is 17.2. The summed E-state index contributed by atoms with van der Waals surface area (Å²) in [5, 5.41) is 5.50. The molecule has 1 N–H and O–H groups in total. The molecule has 1 unspecified atom stereocenters. The molecule has 1 saturated heterocycles. The quantitative estimate of drug-likeness (QED) is 0.858. The number of halogens is 1. The number of benzene rings is 1. The third-order valence-corrected chi connectivity index (χ3v) is 4.81. The van der Waals surface area contributed by atoms with Gasteiger partial charge in [0.2, 0.25) is 0 Å². The molecule has 3 rings (SSSR count). The molecule has 1 aromatic carbocycles. The smallest absolute Gasteiger partial charge is 0.261 e. The van der Waals surface area contributed by atoms with E-state index in [-0.39, 0.29) is 12.0 Å². The molecule has 23 heavy (non-hydrogen) atoms. The Morgan fingerprint density at radius 1 is 1.43 bits per heavy atom. The standard InChI is InChI=1S/C17H18ClNO3S/c18-13-3-1-4-14(8-13)22-10-12-7-16(23-11-12)17(20)19-9-15-5-2-6-21-15/h1,3-4,7-8,11,15H,2,5-6,9-10H2,(H,19,20). The average molecular weight is 352 g/mol. The zero-order chi connectivity index (χ0) is 16.1. The molecule has 0 bridgehead atoms. The maximum atomic E-state index is 12.1. The van der Waals surface area contributed by atoms with E-state index in [1.54, 1.807) is 12.1 Å². The SMILES string of the molecule is O=C(NCC1CCCO1)c1cc(COc2cccc(Cl)c2)cs1. The van der Waals surface area contributed by atoms with Crippen molar-refractivity contribution in [1.29, 1.82) is 0 Å². The Morgan fingerprint density at radius 3 is 3.13 bits per heavy atom. The summed E-state index contributed by atoms with van der Waals surface area (Å²) in [6, 6.07) is 9.13. The lowest BCUT2D eigenvalue weighted by Crippen LogP contribution is -2.31. The summed E-state index contributed by atoms with van der Waals surface area (Å²) in [6.07, 6.45) is 2.25. The lowest BCUT2D eigenvalue weighted by molar-refractivity contribution is 0.0861. The fourth-order valence-corrected chi connectivity index (χ4v) is 3.39. The molecule has 1 amide bonds. The van der Waals surface area contributed by atoms with Crippen LogP contribution in [-0.4, -0.2) is 25.2 Å². The van der Waals surface area contributed by atoms with Gasteiger partial charge < -0.3 is 14.8 Å². The number of ether oxygens (including phenoxy) is 2. The van der Waals surface area contributed by atoms with Crippen molar-refractivity contribution in [3.8, 4) is 5.75 Å². The molecule has 0 spiro atoms. The summed E-state index contributed by atoms with van der Waals surface area (Å²) in [6.45, 7) is 1.78. The minimum absolute atomic E-state index is 0.0560. The number of carbonyl (C=O) groups excluding carboxylic acids is 1. The molecule has 1 atom stereocenters. The van der Waals surface area contributed by atoms with Crippen molar-refractivity contribution in [3.63, 3.8) is 0 Å². The van der Waals surface area contributed by atoms with Crippen molar-refractivity contribution in [2.75, 3.05) is 13.2 Å². The van der Waals surface area contributed by atoms with Gasteiger partial charge in [0.25, 0.3) is 5.91 Å². The molecule has 6 heteroatoms. The Hall–Kier alpha value is -1.56. The Kier molecular flexibility index (Phi) is 5.54. The number of rotatable bonds is 6. The molecule has 1 fully saturated rings. The number of carbonyl (C=O) groups is 1. The van der Waals surface area contributed by atoms with Crippen LogP contribution in [0.15, 0.2) is 35.7 Å². The van der Waals surface area contributed by atoms with E-state index in [2.05, 4.69) is 5.32 Å². The highest BCUT2D eigenvalue weighted by Crippen LogP contribution is 2.20. The van der Waals surface area contributed by atoms with Crippen molar-refractivity contribution in [2.45, 2.75) is 25.6 Å². The highest BCUT2D eigenvalue weighted by molar-refractivity contribution is 7.12. The number of hydrogen-bond donors (Lipinski definition) is 1. The summed E-state index contributed by atoms with van der Waals surface area (Å²) in [5.41, 5.74) is 0.970. The topological polar surface area (TPSA) is 47.6 Å². The van der Waals surface area contributed by atoms with E-state index in [0.29, 0.717) is 28.8 Å². The zero-order valence-corrected chi connectivity index (χ0v) is 14.2. The Bertz CT molecular complexity index is 667. The fourth-order valence-electron chi connectivity index (χ4n) is 2.39. The first kappa shape index (κ1) is 16.3. The maximum absolute atomic E-state index is 12.1. The van der Waals surface area contributed by atoms with Crippen LogP contribution in [0.5, 0.6) is 5.75 Å². The van der Waals surface area contributed by atoms with E-state index in [9.17, 15) is 4.79 Å². The van der Waals surface area contributed by atoms with Gasteiger partial charge in [0.15, 0.2) is 0 Å². The third kappa shape index (κ3) is 4.70. The molecule has 1 aliphatic rings. The Labute approximate surface area is 144 Å². The van der Waals surface area contributed by atoms with Crippen molar-refractivity contribution in [3.05, 3.63) is 51.2 Å². The predicted octanol–water partition coefficient (Wildman–Crippen LogP) is 3.89. The number of nitrogens with one attached hydrogen (secondary N) is 1. The Balaban J connectivity index is 1.49. The lowest BCUT2D eigenvalue weighted by atomic mass is 10.2. The van der Waals surface area contributed by atoms with Gasteiger partial charge in [-0.2, -0.15) is 0 Å². The molecule has 4 nitrogen and oxygen atoms in total. The molecule has 0 radical (unpaired) electrons. The molecule has 2 aromatic rings. The van der Waals surface area contributed by atoms with Crippen LogP contribution in [0, 0.1) is 0 Å². The molecule has 0 saturated carbocycles. The molecule has 122 valence electrons. The second-order valence-electron chi connectivity index (χ2n) is 5.41. The van der Waals surface area contributed by atoms with Crippen LogP contribution in [0.3, 0.4) is 0 Å². The third-order valence-electron chi connectivity index (χ3n) is 3.59. The zero-order valence-electron chi connectivity index (χ0n) is 12.6. The van der Waals surface area contributed by atoms with Crippen LogP contribution in [0.25, 0.3) is 0 Å². The molecule has 2 heterocycles. The number of hydrogen-bond acceptors (Lipinski definition) is 4. The fraction of sp³-hybridized carbons (Fsp3) is 0.353. The van der Waals surface area contributed by atoms with Crippen LogP contribution in [0.4, 0.5) is 0 Å². The van der Waals surface area contributed by atoms with Gasteiger partial charge in [-0.1, -0.05) is 17.7 Å². The van der Waals surface area contributed by atoms with E-state index in [0.717, 1.165) is 25.0 Å². The monoisotopic (exact) mass is 351 g/mol. The van der Waals surface area contributed by atoms with E-state index < -0.39 is 0 Å². The molecular weight excluding hydrogens is 334 g/mol. The number of thiophene rings is 1. The summed E-state index contributed by atoms with van der Waals surface area (Å²) < 4.78 is 11.2. The highest BCUT2D eigenvalue weighted by atomic mass is 35.5. The van der Waals surface area contributed by atoms with Gasteiger partial charge >= 0.3 is 0 Å². The number of amides is 1. The predicted molar refractivity (Wildman–Crippen MR) is 91.4 cm³/mol. The van der Waals surface area contributed by atoms with Gasteiger partial charge in [-0.15, -0.1) is 11.3 Å². The first-order valence-corrected chi connectivity index (χ1v) is 8.82. The minimum Gasteiger partial charge on any atom is -0.489 e. The first-order valence-electron chi connectivity index (χ1n) is 7.56. The van der Waals surface area contributed by atoms with Gasteiger partial charge in [0.05, 0.1) is 11.0 Å². The largest absolute Gasteiger partial charge is 0.489 e. The lowest BCUT2D eigenvalue weighted by Gasteiger charge is -2.09. The van der Waals surface area contributed by atoms with E-state index in [4.69, 9.17) is 21.1 Å². The van der Waals surface area contributed by atoms with Gasteiger partial charge in [0, 0.05) is 23.7 Å². The summed E-state index contributed by atoms with van der Waals surface area (Å²) in [4.78, 5) is 12.8. The van der Waals surface area contributed by atoms with E-state index >= 15 is 0 Å². The molecule has 1 aliphatic heterocycles. The Morgan fingerprint density at radius 2 is 2.35 bits per heavy atom. The van der Waals surface area contributed by atoms with Crippen molar-refractivity contribution in [2.24, 2.45) is 0 Å². The molecule has 0 aliphatic carbocycles. The summed E-state index contributed by atoms with van der Waals surface area (Å²) in [5.74, 6) is 0.660. The highest BCUT2D eigenvalue weighted by Gasteiger charge is 2.17. The van der Waals surface area contributed by atoms with Gasteiger partial charge in [-0.05, 0) is 42.5 Å². The van der Waals surface area contributed by atoms with Crippen molar-refractivity contribution in [1.82, 2.24) is 5.32 Å². The van der Waals surface area contributed by atoms with Crippen LogP contribution in [0.1, 0.15) is 28.1 Å². The molecular formula is C17H18ClNO3S. The van der Waals surface area contributed by atoms with Crippen molar-refractivity contribution < 1.29 is 14.3 Å². The average Bonchev–Trinajstić information content (AvgIpc) is 3.22. The summed E-state index contributed by atoms with van der Waals surface area (Å²) >= 11 is 7.34. The van der Waals surface area contributed by atoms with Crippen LogP contribution >= 0.6 is 22.9 Å². The van der Waals surface area contributed by atoms with Gasteiger partial charge in [0.1, 0.15) is 12.4 Å². The summed E-state index contributed by atoms with van der Waals surface area (Å²) in [7, 11) is 0. The second-order valence-corrected chi connectivity index (χ2v) is 6.76. The molecule has 1 aromatic heterocycles. The van der Waals surface area contributed by atoms with Crippen molar-refractivity contribution >= 4 is 28.8 Å².